The number of benzene rings is 1. The van der Waals surface area contributed by atoms with E-state index in [1.165, 1.54) is 12.0 Å². The molecule has 3 heteroatoms. The van der Waals surface area contributed by atoms with Gasteiger partial charge in [-0.15, -0.1) is 0 Å². The molecule has 0 spiro atoms. The maximum atomic E-state index is 12.2. The number of nitrogens with one attached hydrogen (secondary N) is 2. The monoisotopic (exact) mass is 300 g/mol. The van der Waals surface area contributed by atoms with E-state index in [1.54, 1.807) is 0 Å². The zero-order valence-electron chi connectivity index (χ0n) is 14.4. The second-order valence-corrected chi connectivity index (χ2v) is 7.46. The normalized spacial score (nSPS) is 18.6. The molecule has 3 nitrogen and oxygen atoms in total. The van der Waals surface area contributed by atoms with Gasteiger partial charge in [0, 0.05) is 11.3 Å². The number of allylic oxidation sites excluding steroid dienone is 2. The summed E-state index contributed by atoms with van der Waals surface area (Å²) in [7, 11) is 0. The first kappa shape index (κ1) is 16.6. The number of amides is 1. The predicted octanol–water partition coefficient (Wildman–Crippen LogP) is 4.27. The van der Waals surface area contributed by atoms with E-state index in [0.717, 1.165) is 29.7 Å². The molecule has 2 N–H and O–H groups in total. The lowest BCUT2D eigenvalue weighted by Gasteiger charge is -2.33. The van der Waals surface area contributed by atoms with Crippen molar-refractivity contribution in [3.63, 3.8) is 0 Å². The van der Waals surface area contributed by atoms with Gasteiger partial charge in [-0.1, -0.05) is 44.5 Å². The molecule has 1 aliphatic rings. The minimum atomic E-state index is -0.0728. The Bertz CT molecular complexity index is 582. The number of aryl methyl sites for hydroxylation is 2. The zero-order valence-corrected chi connectivity index (χ0v) is 14.4. The molecule has 0 aromatic heterocycles. The average Bonchev–Trinajstić information content (AvgIpc) is 2.44. The predicted molar refractivity (Wildman–Crippen MR) is 91.4 cm³/mol. The summed E-state index contributed by atoms with van der Waals surface area (Å²) in [5.41, 5.74) is 10.3. The van der Waals surface area contributed by atoms with E-state index in [-0.39, 0.29) is 5.91 Å². The van der Waals surface area contributed by atoms with Crippen molar-refractivity contribution in [2.24, 2.45) is 11.3 Å². The molecule has 1 aromatic carbocycles. The molecule has 1 amide bonds. The van der Waals surface area contributed by atoms with E-state index in [1.807, 2.05) is 32.0 Å². The molecule has 1 aliphatic carbocycles. The third-order valence-electron chi connectivity index (χ3n) is 4.60. The highest BCUT2D eigenvalue weighted by Crippen LogP contribution is 2.36. The minimum Gasteiger partial charge on any atom is -0.303 e. The van der Waals surface area contributed by atoms with E-state index < -0.39 is 0 Å². The zero-order chi connectivity index (χ0) is 16.3. The molecule has 0 saturated carbocycles. The molecule has 120 valence electrons. The molecule has 0 fully saturated rings. The minimum absolute atomic E-state index is 0.0728. The highest BCUT2D eigenvalue weighted by Gasteiger charge is 2.26. The fourth-order valence-electron chi connectivity index (χ4n) is 3.01. The van der Waals surface area contributed by atoms with Crippen LogP contribution in [-0.2, 0) is 0 Å². The molecule has 0 aliphatic heterocycles. The highest BCUT2D eigenvalue weighted by atomic mass is 16.2. The van der Waals surface area contributed by atoms with Crippen molar-refractivity contribution in [2.75, 3.05) is 0 Å². The number of hydrogen-bond acceptors (Lipinski definition) is 2. The molecule has 1 atom stereocenters. The summed E-state index contributed by atoms with van der Waals surface area (Å²) in [5, 5.41) is 0. The molecule has 0 radical (unpaired) electrons. The van der Waals surface area contributed by atoms with Crippen molar-refractivity contribution in [1.82, 2.24) is 10.9 Å². The van der Waals surface area contributed by atoms with Gasteiger partial charge in [-0.05, 0) is 56.1 Å². The number of carbonyl (C=O) groups is 1. The van der Waals surface area contributed by atoms with Crippen molar-refractivity contribution >= 4 is 5.91 Å². The van der Waals surface area contributed by atoms with Crippen molar-refractivity contribution in [3.8, 4) is 0 Å². The Labute approximate surface area is 134 Å². The average molecular weight is 300 g/mol. The van der Waals surface area contributed by atoms with Crippen molar-refractivity contribution in [2.45, 2.75) is 53.9 Å². The molecular weight excluding hydrogens is 272 g/mol. The van der Waals surface area contributed by atoms with Gasteiger partial charge in [-0.25, -0.2) is 0 Å². The van der Waals surface area contributed by atoms with Crippen LogP contribution in [0.4, 0.5) is 0 Å². The van der Waals surface area contributed by atoms with Crippen molar-refractivity contribution < 1.29 is 4.79 Å². The molecule has 22 heavy (non-hydrogen) atoms. The van der Waals surface area contributed by atoms with Gasteiger partial charge >= 0.3 is 0 Å². The fourth-order valence-corrected chi connectivity index (χ4v) is 3.01. The lowest BCUT2D eigenvalue weighted by Crippen LogP contribution is -2.38. The summed E-state index contributed by atoms with van der Waals surface area (Å²) in [6.45, 7) is 10.9. The van der Waals surface area contributed by atoms with Crippen molar-refractivity contribution in [1.29, 1.82) is 0 Å². The lowest BCUT2D eigenvalue weighted by atomic mass is 9.74. The smallest absolute Gasteiger partial charge is 0.269 e. The fraction of sp³-hybridized carbons (Fsp3) is 0.526. The second-order valence-electron chi connectivity index (χ2n) is 7.46. The van der Waals surface area contributed by atoms with Crippen LogP contribution in [0.3, 0.4) is 0 Å². The van der Waals surface area contributed by atoms with Gasteiger partial charge in [0.05, 0.1) is 0 Å². The standard InChI is InChI=1S/C19H28N2O/c1-13-6-11-17(14(2)12-13)18(22)21-20-16-9-7-15(8-10-16)19(3,4)5/h6,9,11-12,15,20H,7-8,10H2,1-5H3,(H,21,22)/t15-/m1/s1. The third kappa shape index (κ3) is 4.12. The van der Waals surface area contributed by atoms with Crippen LogP contribution in [0.1, 0.15) is 61.5 Å². The number of rotatable bonds is 3. The van der Waals surface area contributed by atoms with Crippen LogP contribution >= 0.6 is 0 Å². The lowest BCUT2D eigenvalue weighted by molar-refractivity contribution is 0.0936. The maximum absolute atomic E-state index is 12.2. The van der Waals surface area contributed by atoms with Gasteiger partial charge in [-0.2, -0.15) is 0 Å². The first-order chi connectivity index (χ1) is 10.3. The molecular formula is C19H28N2O. The molecule has 0 unspecified atom stereocenters. The Morgan fingerprint density at radius 3 is 2.50 bits per heavy atom. The summed E-state index contributed by atoms with van der Waals surface area (Å²) in [4.78, 5) is 12.2. The van der Waals surface area contributed by atoms with Crippen LogP contribution in [0.5, 0.6) is 0 Å². The SMILES string of the molecule is Cc1ccc(C(=O)NNC2=CC[C@@H](C(C)(C)C)CC2)c(C)c1. The van der Waals surface area contributed by atoms with Gasteiger partial charge in [0.15, 0.2) is 0 Å². The number of hydrazine groups is 1. The molecule has 0 saturated heterocycles. The summed E-state index contributed by atoms with van der Waals surface area (Å²) >= 11 is 0. The van der Waals surface area contributed by atoms with E-state index in [0.29, 0.717) is 11.3 Å². The Hall–Kier alpha value is -1.77. The topological polar surface area (TPSA) is 41.1 Å². The summed E-state index contributed by atoms with van der Waals surface area (Å²) in [6, 6.07) is 5.88. The number of carbonyl (C=O) groups excluding carboxylic acids is 1. The van der Waals surface area contributed by atoms with E-state index in [2.05, 4.69) is 37.7 Å². The first-order valence-corrected chi connectivity index (χ1v) is 8.10. The van der Waals surface area contributed by atoms with Gasteiger partial charge in [0.25, 0.3) is 5.91 Å². The Kier molecular flexibility index (Phi) is 4.94. The summed E-state index contributed by atoms with van der Waals surface area (Å²) in [6.07, 6.45) is 5.46. The molecule has 0 bridgehead atoms. The second kappa shape index (κ2) is 6.55. The van der Waals surface area contributed by atoms with Gasteiger partial charge in [-0.3, -0.25) is 10.2 Å². The molecule has 0 heterocycles. The Morgan fingerprint density at radius 2 is 1.95 bits per heavy atom. The highest BCUT2D eigenvalue weighted by molar-refractivity contribution is 5.95. The first-order valence-electron chi connectivity index (χ1n) is 8.10. The summed E-state index contributed by atoms with van der Waals surface area (Å²) < 4.78 is 0. The van der Waals surface area contributed by atoms with Gasteiger partial charge in [0.2, 0.25) is 0 Å². The molecule has 2 rings (SSSR count). The number of hydrogen-bond donors (Lipinski definition) is 2. The van der Waals surface area contributed by atoms with E-state index >= 15 is 0 Å². The third-order valence-corrected chi connectivity index (χ3v) is 4.60. The van der Waals surface area contributed by atoms with E-state index in [4.69, 9.17) is 0 Å². The van der Waals surface area contributed by atoms with Crippen LogP contribution in [0.15, 0.2) is 30.0 Å². The Balaban J connectivity index is 1.91. The summed E-state index contributed by atoms with van der Waals surface area (Å²) in [5.74, 6) is 0.643. The van der Waals surface area contributed by atoms with Crippen LogP contribution in [-0.4, -0.2) is 5.91 Å². The quantitative estimate of drug-likeness (QED) is 0.819. The van der Waals surface area contributed by atoms with Crippen LogP contribution in [0, 0.1) is 25.2 Å². The van der Waals surface area contributed by atoms with Gasteiger partial charge in [0.1, 0.15) is 0 Å². The largest absolute Gasteiger partial charge is 0.303 e. The van der Waals surface area contributed by atoms with Crippen LogP contribution in [0.2, 0.25) is 0 Å². The van der Waals surface area contributed by atoms with Crippen LogP contribution in [0.25, 0.3) is 0 Å². The van der Waals surface area contributed by atoms with Crippen molar-refractivity contribution in [3.05, 3.63) is 46.7 Å². The van der Waals surface area contributed by atoms with Crippen LogP contribution < -0.4 is 10.9 Å². The van der Waals surface area contributed by atoms with Gasteiger partial charge < -0.3 is 5.43 Å². The Morgan fingerprint density at radius 1 is 1.23 bits per heavy atom. The maximum Gasteiger partial charge on any atom is 0.269 e. The van der Waals surface area contributed by atoms with E-state index in [9.17, 15) is 4.79 Å². The molecule has 1 aromatic rings.